The van der Waals surface area contributed by atoms with Gasteiger partial charge in [-0.2, -0.15) is 5.26 Å². The smallest absolute Gasteiger partial charge is 0.170 e. The maximum Gasteiger partial charge on any atom is 0.170 e. The van der Waals surface area contributed by atoms with E-state index in [1.54, 1.807) is 0 Å². The van der Waals surface area contributed by atoms with Crippen molar-refractivity contribution in [1.29, 1.82) is 5.26 Å². The van der Waals surface area contributed by atoms with E-state index in [0.717, 1.165) is 0 Å². The molecule has 1 unspecified atom stereocenters. The van der Waals surface area contributed by atoms with Gasteiger partial charge in [0.2, 0.25) is 0 Å². The van der Waals surface area contributed by atoms with Gasteiger partial charge in [0.1, 0.15) is 6.04 Å². The quantitative estimate of drug-likeness (QED) is 0.155. The van der Waals surface area contributed by atoms with Crippen LogP contribution in [0.2, 0.25) is 0 Å². The van der Waals surface area contributed by atoms with Crippen molar-refractivity contribution >= 4 is 6.40 Å². The van der Waals surface area contributed by atoms with Crippen LogP contribution in [0.15, 0.2) is 10.1 Å². The van der Waals surface area contributed by atoms with E-state index >= 15 is 0 Å². The van der Waals surface area contributed by atoms with Crippen LogP contribution >= 0.6 is 0 Å². The van der Waals surface area contributed by atoms with E-state index in [9.17, 15) is 0 Å². The summed E-state index contributed by atoms with van der Waals surface area (Å²) in [5, 5.41) is 11.9. The predicted molar refractivity (Wildman–Crippen MR) is 48.1 cm³/mol. The molecular weight excluding hydrogens is 170 g/mol. The largest absolute Gasteiger partial charge is 0.487 e. The number of hydrogen-bond acceptors (Lipinski definition) is 4. The molecular formula is C7H11N5O. The zero-order valence-electron chi connectivity index (χ0n) is 7.42. The summed E-state index contributed by atoms with van der Waals surface area (Å²) < 4.78 is 4.58. The molecule has 13 heavy (non-hydrogen) atoms. The summed E-state index contributed by atoms with van der Waals surface area (Å²) in [6.45, 7) is 0.400. The molecule has 0 radical (unpaired) electrons. The Morgan fingerprint density at radius 1 is 1.77 bits per heavy atom. The average Bonchev–Trinajstić information content (AvgIpc) is 2.17. The van der Waals surface area contributed by atoms with Crippen molar-refractivity contribution in [2.45, 2.75) is 18.9 Å². The van der Waals surface area contributed by atoms with Gasteiger partial charge >= 0.3 is 0 Å². The molecule has 0 saturated heterocycles. The molecule has 0 heterocycles. The lowest BCUT2D eigenvalue weighted by Gasteiger charge is -1.99. The first-order chi connectivity index (χ1) is 6.35. The number of aliphatic imine (C=N–C) groups is 1. The average molecular weight is 181 g/mol. The fourth-order valence-corrected chi connectivity index (χ4v) is 0.707. The third-order valence-corrected chi connectivity index (χ3v) is 1.29. The lowest BCUT2D eigenvalue weighted by molar-refractivity contribution is 0.418. The van der Waals surface area contributed by atoms with Gasteiger partial charge < -0.3 is 4.74 Å². The van der Waals surface area contributed by atoms with Crippen LogP contribution in [0.4, 0.5) is 0 Å². The number of methoxy groups -OCH3 is 1. The van der Waals surface area contributed by atoms with E-state index in [2.05, 4.69) is 19.8 Å². The van der Waals surface area contributed by atoms with Gasteiger partial charge in [0, 0.05) is 11.5 Å². The molecule has 0 aromatic rings. The summed E-state index contributed by atoms with van der Waals surface area (Å²) in [6.07, 6.45) is 2.47. The lowest BCUT2D eigenvalue weighted by atomic mass is 10.2. The van der Waals surface area contributed by atoms with Gasteiger partial charge in [-0.3, -0.25) is 0 Å². The first kappa shape index (κ1) is 11.3. The molecule has 0 rings (SSSR count). The Labute approximate surface area is 76.5 Å². The van der Waals surface area contributed by atoms with Crippen molar-refractivity contribution in [3.63, 3.8) is 0 Å². The Kier molecular flexibility index (Phi) is 7.25. The van der Waals surface area contributed by atoms with Crippen LogP contribution in [0.25, 0.3) is 10.4 Å². The maximum absolute atomic E-state index is 8.59. The lowest BCUT2D eigenvalue weighted by Crippen LogP contribution is -2.02. The van der Waals surface area contributed by atoms with Crippen LogP contribution in [0.1, 0.15) is 12.8 Å². The number of nitriles is 1. The first-order valence-electron chi connectivity index (χ1n) is 3.80. The van der Waals surface area contributed by atoms with Crippen LogP contribution in [0.3, 0.4) is 0 Å². The number of azide groups is 1. The van der Waals surface area contributed by atoms with Gasteiger partial charge in [-0.05, 0) is 18.4 Å². The monoisotopic (exact) mass is 181 g/mol. The van der Waals surface area contributed by atoms with E-state index in [4.69, 9.17) is 10.8 Å². The van der Waals surface area contributed by atoms with Crippen molar-refractivity contribution in [1.82, 2.24) is 0 Å². The predicted octanol–water partition coefficient (Wildman–Crippen LogP) is 1.64. The van der Waals surface area contributed by atoms with E-state index < -0.39 is 6.04 Å². The third-order valence-electron chi connectivity index (χ3n) is 1.29. The van der Waals surface area contributed by atoms with Gasteiger partial charge in [-0.25, -0.2) is 4.99 Å². The van der Waals surface area contributed by atoms with E-state index in [0.29, 0.717) is 19.4 Å². The zero-order chi connectivity index (χ0) is 9.94. The van der Waals surface area contributed by atoms with Crippen molar-refractivity contribution < 1.29 is 4.74 Å². The summed E-state index contributed by atoms with van der Waals surface area (Å²) in [7, 11) is 1.47. The van der Waals surface area contributed by atoms with Gasteiger partial charge in [-0.1, -0.05) is 5.11 Å². The molecule has 70 valence electrons. The summed E-state index contributed by atoms with van der Waals surface area (Å²) in [5.74, 6) is 0. The summed E-state index contributed by atoms with van der Waals surface area (Å²) in [6, 6.07) is 1.59. The normalized spacial score (nSPS) is 11.7. The fourth-order valence-electron chi connectivity index (χ4n) is 0.707. The number of ether oxygens (including phenoxy) is 1. The Bertz CT molecular complexity index is 238. The molecule has 6 heteroatoms. The molecule has 0 amide bonds. The second kappa shape index (κ2) is 8.37. The van der Waals surface area contributed by atoms with E-state index in [1.807, 2.05) is 6.07 Å². The molecule has 6 nitrogen and oxygen atoms in total. The van der Waals surface area contributed by atoms with Gasteiger partial charge in [0.15, 0.2) is 6.40 Å². The standard InChI is InChI=1S/C7H11N5O/c1-13-6-10-7(5-8)3-2-4-11-12-9/h6-7H,2-4H2,1H3. The SMILES string of the molecule is COC=NC(C#N)CCCN=[N+]=[N-]. The Morgan fingerprint density at radius 3 is 3.08 bits per heavy atom. The topological polar surface area (TPSA) is 94.1 Å². The Hall–Kier alpha value is -1.73. The van der Waals surface area contributed by atoms with Crippen LogP contribution in [0.5, 0.6) is 0 Å². The van der Waals surface area contributed by atoms with Crippen molar-refractivity contribution in [2.75, 3.05) is 13.7 Å². The molecule has 0 aliphatic heterocycles. The van der Waals surface area contributed by atoms with Crippen molar-refractivity contribution in [3.05, 3.63) is 10.4 Å². The molecule has 0 fully saturated rings. The van der Waals surface area contributed by atoms with Gasteiger partial charge in [0.25, 0.3) is 0 Å². The van der Waals surface area contributed by atoms with Gasteiger partial charge in [-0.15, -0.1) is 0 Å². The Morgan fingerprint density at radius 2 is 2.54 bits per heavy atom. The summed E-state index contributed by atoms with van der Waals surface area (Å²) >= 11 is 0. The highest BCUT2D eigenvalue weighted by Crippen LogP contribution is 2.00. The van der Waals surface area contributed by atoms with Crippen LogP contribution in [-0.2, 0) is 4.74 Å². The number of hydrogen-bond donors (Lipinski definition) is 0. The minimum Gasteiger partial charge on any atom is -0.487 e. The molecule has 1 atom stereocenters. The zero-order valence-corrected chi connectivity index (χ0v) is 7.42. The van der Waals surface area contributed by atoms with Gasteiger partial charge in [0.05, 0.1) is 13.2 Å². The molecule has 0 aliphatic carbocycles. The molecule has 0 saturated carbocycles. The highest BCUT2D eigenvalue weighted by atomic mass is 16.5. The summed E-state index contributed by atoms with van der Waals surface area (Å²) in [5.41, 5.74) is 7.97. The second-order valence-corrected chi connectivity index (χ2v) is 2.23. The number of nitrogens with zero attached hydrogens (tertiary/aromatic N) is 5. The summed E-state index contributed by atoms with van der Waals surface area (Å²) in [4.78, 5) is 6.41. The van der Waals surface area contributed by atoms with Crippen LogP contribution in [0, 0.1) is 11.3 Å². The van der Waals surface area contributed by atoms with Crippen LogP contribution in [-0.4, -0.2) is 26.1 Å². The Balaban J connectivity index is 3.67. The molecule has 0 aliphatic rings. The highest BCUT2D eigenvalue weighted by Gasteiger charge is 2.02. The van der Waals surface area contributed by atoms with Crippen LogP contribution < -0.4 is 0 Å². The molecule has 0 aromatic heterocycles. The van der Waals surface area contributed by atoms with E-state index in [1.165, 1.54) is 13.5 Å². The second-order valence-electron chi connectivity index (χ2n) is 2.23. The molecule has 0 aromatic carbocycles. The van der Waals surface area contributed by atoms with E-state index in [-0.39, 0.29) is 0 Å². The fraction of sp³-hybridized carbons (Fsp3) is 0.714. The molecule has 0 N–H and O–H groups in total. The molecule has 0 spiro atoms. The number of rotatable bonds is 6. The minimum absolute atomic E-state index is 0.400. The maximum atomic E-state index is 8.59. The third kappa shape index (κ3) is 6.66. The van der Waals surface area contributed by atoms with Crippen molar-refractivity contribution in [3.8, 4) is 6.07 Å². The highest BCUT2D eigenvalue weighted by molar-refractivity contribution is 5.46. The molecule has 0 bridgehead atoms. The van der Waals surface area contributed by atoms with Crippen molar-refractivity contribution in [2.24, 2.45) is 10.1 Å². The minimum atomic E-state index is -0.408. The first-order valence-corrected chi connectivity index (χ1v) is 3.80.